The maximum atomic E-state index is 12.1. The molecule has 0 amide bonds. The molecule has 1 aromatic carbocycles. The first kappa shape index (κ1) is 13.7. The van der Waals surface area contributed by atoms with Crippen molar-refractivity contribution in [1.29, 1.82) is 0 Å². The molecule has 2 rings (SSSR count). The monoisotopic (exact) mass is 310 g/mol. The Morgan fingerprint density at radius 1 is 1.17 bits per heavy atom. The van der Waals surface area contributed by atoms with Crippen molar-refractivity contribution in [3.63, 3.8) is 0 Å². The molecule has 1 heterocycles. The fraction of sp³-hybridized carbons (Fsp3) is 0.500. The number of carbonyl (C=O) groups is 1. The number of likely N-dealkylation sites (N-methyl/N-ethyl adjacent to an activating group) is 1. The molecule has 0 N–H and O–H groups in total. The van der Waals surface area contributed by atoms with Crippen LogP contribution in [0.15, 0.2) is 28.7 Å². The largest absolute Gasteiger partial charge is 0.305 e. The van der Waals surface area contributed by atoms with Gasteiger partial charge in [0.25, 0.3) is 0 Å². The van der Waals surface area contributed by atoms with E-state index in [-0.39, 0.29) is 5.78 Å². The van der Waals surface area contributed by atoms with Crippen molar-refractivity contribution in [3.05, 3.63) is 34.3 Å². The molecule has 18 heavy (non-hydrogen) atoms. The van der Waals surface area contributed by atoms with Gasteiger partial charge in [-0.2, -0.15) is 0 Å². The molecular formula is C14H19BrN2O. The van der Waals surface area contributed by atoms with E-state index in [1.165, 1.54) is 0 Å². The number of rotatable bonds is 3. The zero-order valence-electron chi connectivity index (χ0n) is 10.7. The van der Waals surface area contributed by atoms with E-state index in [9.17, 15) is 4.79 Å². The first-order valence-corrected chi connectivity index (χ1v) is 7.14. The number of halogens is 1. The molecule has 1 aromatic rings. The van der Waals surface area contributed by atoms with Crippen LogP contribution in [-0.2, 0) is 0 Å². The summed E-state index contributed by atoms with van der Waals surface area (Å²) in [6, 6.07) is 7.61. The van der Waals surface area contributed by atoms with Crippen LogP contribution in [0.4, 0.5) is 0 Å². The maximum Gasteiger partial charge on any atom is 0.176 e. The molecule has 0 aliphatic carbocycles. The van der Waals surface area contributed by atoms with Gasteiger partial charge in [0.2, 0.25) is 0 Å². The molecule has 0 bridgehead atoms. The highest BCUT2D eigenvalue weighted by atomic mass is 79.9. The molecule has 1 aliphatic rings. The minimum absolute atomic E-state index is 0.215. The molecule has 98 valence electrons. The predicted octanol–water partition coefficient (Wildman–Crippen LogP) is 2.27. The second-order valence-corrected chi connectivity index (χ2v) is 5.78. The third kappa shape index (κ3) is 3.90. The van der Waals surface area contributed by atoms with Crippen LogP contribution in [-0.4, -0.2) is 55.4 Å². The van der Waals surface area contributed by atoms with Crippen LogP contribution >= 0.6 is 15.9 Å². The summed E-state index contributed by atoms with van der Waals surface area (Å²) in [5, 5.41) is 0. The van der Waals surface area contributed by atoms with Gasteiger partial charge >= 0.3 is 0 Å². The smallest absolute Gasteiger partial charge is 0.176 e. The highest BCUT2D eigenvalue weighted by Crippen LogP contribution is 2.12. The van der Waals surface area contributed by atoms with E-state index < -0.39 is 0 Å². The fourth-order valence-corrected chi connectivity index (χ4v) is 2.45. The zero-order valence-corrected chi connectivity index (χ0v) is 12.3. The molecule has 1 saturated heterocycles. The van der Waals surface area contributed by atoms with Crippen molar-refractivity contribution in [1.82, 2.24) is 9.80 Å². The Labute approximate surface area is 117 Å². The number of ketones is 1. The summed E-state index contributed by atoms with van der Waals surface area (Å²) < 4.78 is 1.01. The van der Waals surface area contributed by atoms with Crippen LogP contribution in [0, 0.1) is 0 Å². The van der Waals surface area contributed by atoms with Crippen molar-refractivity contribution < 1.29 is 4.79 Å². The van der Waals surface area contributed by atoms with Crippen molar-refractivity contribution in [3.8, 4) is 0 Å². The molecule has 0 saturated carbocycles. The lowest BCUT2D eigenvalue weighted by atomic mass is 10.1. The summed E-state index contributed by atoms with van der Waals surface area (Å²) >= 11 is 3.38. The van der Waals surface area contributed by atoms with Crippen LogP contribution in [0.25, 0.3) is 0 Å². The van der Waals surface area contributed by atoms with Crippen LogP contribution in [0.2, 0.25) is 0 Å². The minimum atomic E-state index is 0.215. The summed E-state index contributed by atoms with van der Waals surface area (Å²) in [6.07, 6.45) is 1.14. The van der Waals surface area contributed by atoms with Crippen LogP contribution < -0.4 is 0 Å². The lowest BCUT2D eigenvalue weighted by molar-refractivity contribution is 0.0933. The van der Waals surface area contributed by atoms with Gasteiger partial charge in [-0.1, -0.05) is 28.1 Å². The summed E-state index contributed by atoms with van der Waals surface area (Å²) in [5.74, 6) is 0.215. The number of Topliss-reactive ketones (excluding diaryl/α,β-unsaturated/α-hetero) is 1. The van der Waals surface area contributed by atoms with Crippen LogP contribution in [0.1, 0.15) is 16.8 Å². The summed E-state index contributed by atoms with van der Waals surface area (Å²) in [7, 11) is 2.14. The standard InChI is InChI=1S/C14H19BrN2O/c1-16-7-2-8-17(10-9-16)11-14(18)12-3-5-13(15)6-4-12/h3-6H,2,7-11H2,1H3. The highest BCUT2D eigenvalue weighted by Gasteiger charge is 2.15. The molecular weight excluding hydrogens is 292 g/mol. The van der Waals surface area contributed by atoms with E-state index in [0.29, 0.717) is 6.54 Å². The number of nitrogens with zero attached hydrogens (tertiary/aromatic N) is 2. The third-order valence-electron chi connectivity index (χ3n) is 3.35. The average molecular weight is 311 g/mol. The molecule has 0 spiro atoms. The van der Waals surface area contributed by atoms with Gasteiger partial charge < -0.3 is 4.90 Å². The highest BCUT2D eigenvalue weighted by molar-refractivity contribution is 9.10. The van der Waals surface area contributed by atoms with E-state index in [0.717, 1.165) is 42.6 Å². The van der Waals surface area contributed by atoms with Gasteiger partial charge in [0.05, 0.1) is 6.54 Å². The molecule has 3 nitrogen and oxygen atoms in total. The molecule has 0 atom stereocenters. The number of carbonyl (C=O) groups excluding carboxylic acids is 1. The minimum Gasteiger partial charge on any atom is -0.305 e. The van der Waals surface area contributed by atoms with Crippen molar-refractivity contribution in [2.45, 2.75) is 6.42 Å². The average Bonchev–Trinajstić information content (AvgIpc) is 2.55. The second-order valence-electron chi connectivity index (χ2n) is 4.86. The van der Waals surface area contributed by atoms with Gasteiger partial charge in [-0.15, -0.1) is 0 Å². The Hall–Kier alpha value is -0.710. The van der Waals surface area contributed by atoms with E-state index >= 15 is 0 Å². The quantitative estimate of drug-likeness (QED) is 0.800. The molecule has 1 fully saturated rings. The predicted molar refractivity (Wildman–Crippen MR) is 77.0 cm³/mol. The second kappa shape index (κ2) is 6.45. The summed E-state index contributed by atoms with van der Waals surface area (Å²) in [4.78, 5) is 16.7. The Balaban J connectivity index is 1.92. The van der Waals surface area contributed by atoms with E-state index in [1.54, 1.807) is 0 Å². The summed E-state index contributed by atoms with van der Waals surface area (Å²) in [6.45, 7) is 4.72. The van der Waals surface area contributed by atoms with Crippen molar-refractivity contribution >= 4 is 21.7 Å². The lowest BCUT2D eigenvalue weighted by Gasteiger charge is -2.19. The first-order chi connectivity index (χ1) is 8.65. The molecule has 0 radical (unpaired) electrons. The Morgan fingerprint density at radius 2 is 1.89 bits per heavy atom. The maximum absolute atomic E-state index is 12.1. The van der Waals surface area contributed by atoms with Gasteiger partial charge in [0.15, 0.2) is 5.78 Å². The SMILES string of the molecule is CN1CCCN(CC(=O)c2ccc(Br)cc2)CC1. The zero-order chi connectivity index (χ0) is 13.0. The van der Waals surface area contributed by atoms with Crippen LogP contribution in [0.3, 0.4) is 0 Å². The van der Waals surface area contributed by atoms with Gasteiger partial charge in [0.1, 0.15) is 0 Å². The fourth-order valence-electron chi connectivity index (χ4n) is 2.19. The summed E-state index contributed by atoms with van der Waals surface area (Å²) in [5.41, 5.74) is 0.802. The first-order valence-electron chi connectivity index (χ1n) is 6.35. The van der Waals surface area contributed by atoms with E-state index in [1.807, 2.05) is 24.3 Å². The normalized spacial score (nSPS) is 18.6. The Kier molecular flexibility index (Phi) is 4.92. The van der Waals surface area contributed by atoms with Crippen molar-refractivity contribution in [2.75, 3.05) is 39.8 Å². The Morgan fingerprint density at radius 3 is 2.61 bits per heavy atom. The Bertz CT molecular complexity index is 405. The van der Waals surface area contributed by atoms with Crippen molar-refractivity contribution in [2.24, 2.45) is 0 Å². The number of hydrogen-bond donors (Lipinski definition) is 0. The number of benzene rings is 1. The van der Waals surface area contributed by atoms with Gasteiger partial charge in [0, 0.05) is 23.1 Å². The molecule has 1 aliphatic heterocycles. The van der Waals surface area contributed by atoms with Gasteiger partial charge in [-0.05, 0) is 38.7 Å². The molecule has 0 aromatic heterocycles. The van der Waals surface area contributed by atoms with Gasteiger partial charge in [-0.25, -0.2) is 0 Å². The van der Waals surface area contributed by atoms with E-state index in [4.69, 9.17) is 0 Å². The molecule has 0 unspecified atom stereocenters. The van der Waals surface area contributed by atoms with Gasteiger partial charge in [-0.3, -0.25) is 9.69 Å². The van der Waals surface area contributed by atoms with E-state index in [2.05, 4.69) is 32.8 Å². The lowest BCUT2D eigenvalue weighted by Crippen LogP contribution is -2.33. The topological polar surface area (TPSA) is 23.6 Å². The molecule has 4 heteroatoms. The number of hydrogen-bond acceptors (Lipinski definition) is 3. The van der Waals surface area contributed by atoms with Crippen LogP contribution in [0.5, 0.6) is 0 Å². The third-order valence-corrected chi connectivity index (χ3v) is 3.87.